The minimum Gasteiger partial charge on any atom is -0.352 e. The minimum absolute atomic E-state index is 0.165. The Morgan fingerprint density at radius 1 is 0.885 bits per heavy atom. The Hall–Kier alpha value is -1.10. The molecule has 0 bridgehead atoms. The SMILES string of the molecule is CC1CCN(C(=O)C2CCN(CC(=O)NC3CCCCC3C)CC2)CC1. The molecule has 1 aliphatic carbocycles. The summed E-state index contributed by atoms with van der Waals surface area (Å²) in [4.78, 5) is 29.4. The lowest BCUT2D eigenvalue weighted by molar-refractivity contribution is -0.138. The van der Waals surface area contributed by atoms with E-state index in [1.807, 2.05) is 0 Å². The summed E-state index contributed by atoms with van der Waals surface area (Å²) < 4.78 is 0. The first-order chi connectivity index (χ1) is 12.5. The van der Waals surface area contributed by atoms with Crippen LogP contribution in [0, 0.1) is 17.8 Å². The quantitative estimate of drug-likeness (QED) is 0.835. The van der Waals surface area contributed by atoms with Gasteiger partial charge in [-0.2, -0.15) is 0 Å². The number of hydrogen-bond acceptors (Lipinski definition) is 3. The molecule has 2 amide bonds. The van der Waals surface area contributed by atoms with E-state index < -0.39 is 0 Å². The average Bonchev–Trinajstić information content (AvgIpc) is 2.64. The van der Waals surface area contributed by atoms with Crippen molar-refractivity contribution >= 4 is 11.8 Å². The zero-order chi connectivity index (χ0) is 18.5. The van der Waals surface area contributed by atoms with Gasteiger partial charge in [-0.1, -0.05) is 26.7 Å². The summed E-state index contributed by atoms with van der Waals surface area (Å²) in [6.45, 7) is 8.63. The van der Waals surface area contributed by atoms with E-state index in [1.54, 1.807) is 0 Å². The fourth-order valence-corrected chi connectivity index (χ4v) is 4.81. The van der Waals surface area contributed by atoms with Gasteiger partial charge in [0.05, 0.1) is 6.54 Å². The van der Waals surface area contributed by atoms with E-state index in [9.17, 15) is 9.59 Å². The van der Waals surface area contributed by atoms with Gasteiger partial charge in [-0.25, -0.2) is 0 Å². The Kier molecular flexibility index (Phi) is 6.96. The van der Waals surface area contributed by atoms with Gasteiger partial charge in [-0.05, 0) is 63.5 Å². The largest absolute Gasteiger partial charge is 0.352 e. The van der Waals surface area contributed by atoms with Crippen LogP contribution >= 0.6 is 0 Å². The molecule has 3 aliphatic rings. The second-order valence-corrected chi connectivity index (χ2v) is 8.99. The fraction of sp³-hybridized carbons (Fsp3) is 0.905. The molecule has 2 unspecified atom stereocenters. The summed E-state index contributed by atoms with van der Waals surface area (Å²) in [5.74, 6) is 2.05. The van der Waals surface area contributed by atoms with Gasteiger partial charge in [0.2, 0.25) is 11.8 Å². The molecule has 0 aromatic rings. The van der Waals surface area contributed by atoms with Crippen molar-refractivity contribution in [1.82, 2.24) is 15.1 Å². The molecular weight excluding hydrogens is 326 g/mol. The van der Waals surface area contributed by atoms with E-state index in [4.69, 9.17) is 0 Å². The van der Waals surface area contributed by atoms with Gasteiger partial charge < -0.3 is 10.2 Å². The first-order valence-electron chi connectivity index (χ1n) is 10.8. The lowest BCUT2D eigenvalue weighted by Gasteiger charge is -2.37. The summed E-state index contributed by atoms with van der Waals surface area (Å²) in [5.41, 5.74) is 0. The van der Waals surface area contributed by atoms with Crippen LogP contribution in [-0.2, 0) is 9.59 Å². The van der Waals surface area contributed by atoms with Gasteiger partial charge in [0, 0.05) is 25.0 Å². The number of carbonyl (C=O) groups excluding carboxylic acids is 2. The monoisotopic (exact) mass is 363 g/mol. The fourth-order valence-electron chi connectivity index (χ4n) is 4.81. The summed E-state index contributed by atoms with van der Waals surface area (Å²) in [6, 6.07) is 0.358. The number of hydrogen-bond donors (Lipinski definition) is 1. The molecule has 0 aromatic heterocycles. The third-order valence-corrected chi connectivity index (χ3v) is 6.86. The molecule has 26 heavy (non-hydrogen) atoms. The highest BCUT2D eigenvalue weighted by Gasteiger charge is 2.31. The smallest absolute Gasteiger partial charge is 0.234 e. The van der Waals surface area contributed by atoms with Gasteiger partial charge in [0.1, 0.15) is 0 Å². The van der Waals surface area contributed by atoms with Crippen molar-refractivity contribution in [3.05, 3.63) is 0 Å². The topological polar surface area (TPSA) is 52.7 Å². The highest BCUT2D eigenvalue weighted by molar-refractivity contribution is 5.79. The molecule has 5 heteroatoms. The number of amides is 2. The predicted molar refractivity (Wildman–Crippen MR) is 104 cm³/mol. The molecule has 0 spiro atoms. The molecular formula is C21H37N3O2. The van der Waals surface area contributed by atoms with Crippen LogP contribution in [0.3, 0.4) is 0 Å². The molecule has 0 aromatic carbocycles. The maximum absolute atomic E-state index is 12.7. The van der Waals surface area contributed by atoms with Crippen molar-refractivity contribution in [2.75, 3.05) is 32.7 Å². The standard InChI is InChI=1S/C21H37N3O2/c1-16-7-13-24(14-8-16)21(26)18-9-11-23(12-10-18)15-20(25)22-19-6-4-3-5-17(19)2/h16-19H,3-15H2,1-2H3,(H,22,25). The van der Waals surface area contributed by atoms with Crippen molar-refractivity contribution in [3.63, 3.8) is 0 Å². The number of likely N-dealkylation sites (tertiary alicyclic amines) is 2. The van der Waals surface area contributed by atoms with Crippen LogP contribution in [0.2, 0.25) is 0 Å². The zero-order valence-corrected chi connectivity index (χ0v) is 16.7. The number of nitrogens with zero attached hydrogens (tertiary/aromatic N) is 2. The lowest BCUT2D eigenvalue weighted by Crippen LogP contribution is -2.49. The Bertz CT molecular complexity index is 480. The molecule has 2 heterocycles. The third-order valence-electron chi connectivity index (χ3n) is 6.86. The zero-order valence-electron chi connectivity index (χ0n) is 16.7. The molecule has 5 nitrogen and oxygen atoms in total. The molecule has 2 aliphatic heterocycles. The van der Waals surface area contributed by atoms with E-state index in [2.05, 4.69) is 29.0 Å². The van der Waals surface area contributed by atoms with Gasteiger partial charge in [0.15, 0.2) is 0 Å². The molecule has 3 rings (SSSR count). The summed E-state index contributed by atoms with van der Waals surface area (Å²) in [6.07, 6.45) is 8.97. The number of piperidine rings is 2. The van der Waals surface area contributed by atoms with Crippen molar-refractivity contribution in [2.24, 2.45) is 17.8 Å². The second kappa shape index (κ2) is 9.20. The van der Waals surface area contributed by atoms with E-state index in [0.29, 0.717) is 24.4 Å². The normalized spacial score (nSPS) is 29.5. The van der Waals surface area contributed by atoms with Crippen LogP contribution in [0.25, 0.3) is 0 Å². The van der Waals surface area contributed by atoms with Crippen LogP contribution in [-0.4, -0.2) is 60.4 Å². The number of nitrogens with one attached hydrogen (secondary N) is 1. The molecule has 2 saturated heterocycles. The molecule has 1 N–H and O–H groups in total. The Labute approximate surface area is 158 Å². The highest BCUT2D eigenvalue weighted by atomic mass is 16.2. The van der Waals surface area contributed by atoms with E-state index in [1.165, 1.54) is 19.3 Å². The Morgan fingerprint density at radius 3 is 2.19 bits per heavy atom. The predicted octanol–water partition coefficient (Wildman–Crippen LogP) is 2.65. The van der Waals surface area contributed by atoms with Crippen LogP contribution in [0.1, 0.15) is 65.2 Å². The maximum Gasteiger partial charge on any atom is 0.234 e. The van der Waals surface area contributed by atoms with Crippen molar-refractivity contribution in [2.45, 2.75) is 71.3 Å². The van der Waals surface area contributed by atoms with Crippen LogP contribution in [0.15, 0.2) is 0 Å². The van der Waals surface area contributed by atoms with Crippen LogP contribution in [0.5, 0.6) is 0 Å². The summed E-state index contributed by atoms with van der Waals surface area (Å²) >= 11 is 0. The first kappa shape index (κ1) is 19.7. The molecule has 3 fully saturated rings. The molecule has 2 atom stereocenters. The first-order valence-corrected chi connectivity index (χ1v) is 10.8. The third kappa shape index (κ3) is 5.21. The van der Waals surface area contributed by atoms with Crippen molar-refractivity contribution < 1.29 is 9.59 Å². The lowest BCUT2D eigenvalue weighted by atomic mass is 9.86. The minimum atomic E-state index is 0.165. The summed E-state index contributed by atoms with van der Waals surface area (Å²) in [5, 5.41) is 3.25. The molecule has 148 valence electrons. The van der Waals surface area contributed by atoms with Gasteiger partial charge in [0.25, 0.3) is 0 Å². The highest BCUT2D eigenvalue weighted by Crippen LogP contribution is 2.25. The number of rotatable bonds is 4. The van der Waals surface area contributed by atoms with Crippen LogP contribution in [0.4, 0.5) is 0 Å². The maximum atomic E-state index is 12.7. The molecule has 1 saturated carbocycles. The summed E-state index contributed by atoms with van der Waals surface area (Å²) in [7, 11) is 0. The Balaban J connectivity index is 1.38. The van der Waals surface area contributed by atoms with Gasteiger partial charge in [-0.3, -0.25) is 14.5 Å². The van der Waals surface area contributed by atoms with Crippen molar-refractivity contribution in [1.29, 1.82) is 0 Å². The van der Waals surface area contributed by atoms with E-state index in [-0.39, 0.29) is 11.8 Å². The average molecular weight is 364 g/mol. The van der Waals surface area contributed by atoms with Gasteiger partial charge >= 0.3 is 0 Å². The van der Waals surface area contributed by atoms with Crippen LogP contribution < -0.4 is 5.32 Å². The van der Waals surface area contributed by atoms with Gasteiger partial charge in [-0.15, -0.1) is 0 Å². The number of carbonyl (C=O) groups is 2. The Morgan fingerprint density at radius 2 is 1.54 bits per heavy atom. The van der Waals surface area contributed by atoms with E-state index >= 15 is 0 Å². The second-order valence-electron chi connectivity index (χ2n) is 8.99. The molecule has 0 radical (unpaired) electrons. The van der Waals surface area contributed by atoms with E-state index in [0.717, 1.165) is 64.2 Å². The van der Waals surface area contributed by atoms with Crippen molar-refractivity contribution in [3.8, 4) is 0 Å².